The lowest BCUT2D eigenvalue weighted by atomic mass is 10.1. The van der Waals surface area contributed by atoms with Crippen LogP contribution in [0.5, 0.6) is 5.75 Å². The summed E-state index contributed by atoms with van der Waals surface area (Å²) in [5, 5.41) is 5.70. The van der Waals surface area contributed by atoms with Gasteiger partial charge in [0.25, 0.3) is 0 Å². The average molecular weight is 279 g/mol. The number of benzene rings is 1. The molecule has 1 atom stereocenters. The van der Waals surface area contributed by atoms with Crippen LogP contribution in [0.2, 0.25) is 0 Å². The Hall–Kier alpha value is -1.48. The summed E-state index contributed by atoms with van der Waals surface area (Å²) in [7, 11) is 1.68. The highest BCUT2D eigenvalue weighted by Gasteiger charge is 2.09. The molecule has 0 amide bonds. The third-order valence-electron chi connectivity index (χ3n) is 3.26. The highest BCUT2D eigenvalue weighted by Crippen LogP contribution is 2.26. The van der Waals surface area contributed by atoms with E-state index in [4.69, 9.17) is 16.3 Å². The molecule has 0 aliphatic carbocycles. The first-order valence-electron chi connectivity index (χ1n) is 6.53. The van der Waals surface area contributed by atoms with E-state index in [1.54, 1.807) is 7.11 Å². The maximum atomic E-state index is 5.82. The van der Waals surface area contributed by atoms with Crippen LogP contribution in [0, 0.1) is 0 Å². The Balaban J connectivity index is 2.32. The maximum absolute atomic E-state index is 5.82. The number of nitrogens with zero attached hydrogens (tertiary/aromatic N) is 1. The molecule has 0 radical (unpaired) electrons. The van der Waals surface area contributed by atoms with Crippen molar-refractivity contribution >= 4 is 28.2 Å². The van der Waals surface area contributed by atoms with Crippen molar-refractivity contribution in [3.63, 3.8) is 0 Å². The third kappa shape index (κ3) is 3.29. The Bertz CT molecular complexity index is 545. The summed E-state index contributed by atoms with van der Waals surface area (Å²) in [5.41, 5.74) is 0. The quantitative estimate of drug-likeness (QED) is 0.809. The van der Waals surface area contributed by atoms with Crippen molar-refractivity contribution in [3.8, 4) is 5.75 Å². The fraction of sp³-hybridized carbons (Fsp3) is 0.400. The zero-order chi connectivity index (χ0) is 13.7. The van der Waals surface area contributed by atoms with Crippen LogP contribution in [0.25, 0.3) is 10.8 Å². The van der Waals surface area contributed by atoms with Crippen LogP contribution >= 0.6 is 11.6 Å². The molecule has 3 nitrogen and oxygen atoms in total. The Kier molecular flexibility index (Phi) is 4.86. The second-order valence-corrected chi connectivity index (χ2v) is 4.85. The molecular formula is C15H19ClN2O. The number of hydrogen-bond donors (Lipinski definition) is 1. The van der Waals surface area contributed by atoms with Gasteiger partial charge in [0.05, 0.1) is 7.11 Å². The van der Waals surface area contributed by atoms with E-state index in [1.165, 1.54) is 0 Å². The van der Waals surface area contributed by atoms with Gasteiger partial charge in [-0.15, -0.1) is 11.6 Å². The van der Waals surface area contributed by atoms with E-state index in [0.29, 0.717) is 11.9 Å². The summed E-state index contributed by atoms with van der Waals surface area (Å²) in [6.07, 6.45) is 3.78. The molecular weight excluding hydrogens is 260 g/mol. The molecule has 0 fully saturated rings. The van der Waals surface area contributed by atoms with Crippen molar-refractivity contribution in [1.82, 2.24) is 4.98 Å². The molecule has 1 unspecified atom stereocenters. The Morgan fingerprint density at radius 2 is 2.21 bits per heavy atom. The van der Waals surface area contributed by atoms with Gasteiger partial charge in [0.1, 0.15) is 11.6 Å². The summed E-state index contributed by atoms with van der Waals surface area (Å²) < 4.78 is 5.24. The monoisotopic (exact) mass is 278 g/mol. The number of alkyl halides is 1. The van der Waals surface area contributed by atoms with Crippen LogP contribution in [0.15, 0.2) is 30.5 Å². The van der Waals surface area contributed by atoms with E-state index < -0.39 is 0 Å². The topological polar surface area (TPSA) is 34.2 Å². The fourth-order valence-corrected chi connectivity index (χ4v) is 2.36. The van der Waals surface area contributed by atoms with Gasteiger partial charge in [-0.1, -0.05) is 6.92 Å². The molecule has 0 aliphatic rings. The van der Waals surface area contributed by atoms with E-state index in [-0.39, 0.29) is 0 Å². The number of aromatic nitrogens is 1. The minimum atomic E-state index is 0.359. The number of rotatable bonds is 6. The Morgan fingerprint density at radius 1 is 1.37 bits per heavy atom. The second kappa shape index (κ2) is 6.62. The number of pyridine rings is 1. The molecule has 102 valence electrons. The molecule has 2 aromatic rings. The summed E-state index contributed by atoms with van der Waals surface area (Å²) >= 11 is 5.82. The first kappa shape index (κ1) is 13.9. The van der Waals surface area contributed by atoms with Gasteiger partial charge < -0.3 is 10.1 Å². The third-order valence-corrected chi connectivity index (χ3v) is 3.48. The van der Waals surface area contributed by atoms with Gasteiger partial charge in [-0.2, -0.15) is 0 Å². The van der Waals surface area contributed by atoms with Gasteiger partial charge in [-0.25, -0.2) is 4.98 Å². The summed E-state index contributed by atoms with van der Waals surface area (Å²) in [6.45, 7) is 2.15. The number of anilines is 1. The van der Waals surface area contributed by atoms with E-state index in [1.807, 2.05) is 30.5 Å². The second-order valence-electron chi connectivity index (χ2n) is 4.47. The van der Waals surface area contributed by atoms with Crippen molar-refractivity contribution in [2.45, 2.75) is 25.8 Å². The molecule has 0 spiro atoms. The van der Waals surface area contributed by atoms with Gasteiger partial charge in [-0.05, 0) is 42.5 Å². The van der Waals surface area contributed by atoms with Gasteiger partial charge in [0.2, 0.25) is 0 Å². The van der Waals surface area contributed by atoms with Crippen molar-refractivity contribution in [2.24, 2.45) is 0 Å². The van der Waals surface area contributed by atoms with Crippen molar-refractivity contribution < 1.29 is 4.74 Å². The van der Waals surface area contributed by atoms with Gasteiger partial charge >= 0.3 is 0 Å². The molecule has 19 heavy (non-hydrogen) atoms. The molecule has 1 aromatic carbocycles. The number of ether oxygens (including phenoxy) is 1. The minimum absolute atomic E-state index is 0.359. The molecule has 0 bridgehead atoms. The maximum Gasteiger partial charge on any atom is 0.134 e. The number of halogens is 1. The predicted octanol–water partition coefficient (Wildman–Crippen LogP) is 4.06. The first-order chi connectivity index (χ1) is 9.28. The summed E-state index contributed by atoms with van der Waals surface area (Å²) in [6, 6.07) is 8.36. The molecule has 1 N–H and O–H groups in total. The molecule has 1 aromatic heterocycles. The lowest BCUT2D eigenvalue weighted by Crippen LogP contribution is -2.19. The van der Waals surface area contributed by atoms with Crippen molar-refractivity contribution in [2.75, 3.05) is 18.3 Å². The van der Waals surface area contributed by atoms with E-state index in [2.05, 4.69) is 17.2 Å². The van der Waals surface area contributed by atoms with Gasteiger partial charge in [-0.3, -0.25) is 0 Å². The lowest BCUT2D eigenvalue weighted by Gasteiger charge is -2.17. The SMILES string of the molecule is CCC(CCCl)Nc1nccc2cc(OC)ccc12. The Labute approximate surface area is 118 Å². The Morgan fingerprint density at radius 3 is 2.89 bits per heavy atom. The van der Waals surface area contributed by atoms with Crippen LogP contribution < -0.4 is 10.1 Å². The number of fused-ring (bicyclic) bond motifs is 1. The lowest BCUT2D eigenvalue weighted by molar-refractivity contribution is 0.415. The van der Waals surface area contributed by atoms with Crippen LogP contribution in [0.1, 0.15) is 19.8 Å². The molecule has 2 rings (SSSR count). The molecule has 4 heteroatoms. The summed E-state index contributed by atoms with van der Waals surface area (Å²) in [4.78, 5) is 4.44. The highest BCUT2D eigenvalue weighted by molar-refractivity contribution is 6.17. The molecule has 0 saturated carbocycles. The highest BCUT2D eigenvalue weighted by atomic mass is 35.5. The molecule has 0 saturated heterocycles. The van der Waals surface area contributed by atoms with E-state index in [9.17, 15) is 0 Å². The zero-order valence-electron chi connectivity index (χ0n) is 11.3. The predicted molar refractivity (Wildman–Crippen MR) is 81.3 cm³/mol. The first-order valence-corrected chi connectivity index (χ1v) is 7.07. The van der Waals surface area contributed by atoms with Crippen molar-refractivity contribution in [1.29, 1.82) is 0 Å². The van der Waals surface area contributed by atoms with Gasteiger partial charge in [0.15, 0.2) is 0 Å². The standard InChI is InChI=1S/C15H19ClN2O/c1-3-12(6-8-16)18-15-14-5-4-13(19-2)10-11(14)7-9-17-15/h4-5,7,9-10,12H,3,6,8H2,1-2H3,(H,17,18). The van der Waals surface area contributed by atoms with Crippen molar-refractivity contribution in [3.05, 3.63) is 30.5 Å². The number of methoxy groups -OCH3 is 1. The summed E-state index contributed by atoms with van der Waals surface area (Å²) in [5.74, 6) is 2.43. The zero-order valence-corrected chi connectivity index (χ0v) is 12.1. The van der Waals surface area contributed by atoms with Crippen LogP contribution in [-0.2, 0) is 0 Å². The molecule has 1 heterocycles. The van der Waals surface area contributed by atoms with E-state index in [0.717, 1.165) is 35.2 Å². The fourth-order valence-electron chi connectivity index (χ4n) is 2.10. The minimum Gasteiger partial charge on any atom is -0.497 e. The smallest absolute Gasteiger partial charge is 0.134 e. The van der Waals surface area contributed by atoms with E-state index >= 15 is 0 Å². The largest absolute Gasteiger partial charge is 0.497 e. The number of nitrogens with one attached hydrogen (secondary N) is 1. The normalized spacial score (nSPS) is 12.4. The molecule has 0 aliphatic heterocycles. The average Bonchev–Trinajstić information content (AvgIpc) is 2.46. The van der Waals surface area contributed by atoms with Crippen LogP contribution in [0.4, 0.5) is 5.82 Å². The number of hydrogen-bond acceptors (Lipinski definition) is 3. The van der Waals surface area contributed by atoms with Gasteiger partial charge in [0, 0.05) is 23.5 Å². The van der Waals surface area contributed by atoms with Crippen LogP contribution in [-0.4, -0.2) is 24.0 Å². The van der Waals surface area contributed by atoms with Crippen LogP contribution in [0.3, 0.4) is 0 Å².